The van der Waals surface area contributed by atoms with Crippen LogP contribution in [0.15, 0.2) is 39.8 Å². The Balaban J connectivity index is 1.37. The molecule has 4 rings (SSSR count). The van der Waals surface area contributed by atoms with E-state index in [9.17, 15) is 5.11 Å². The molecule has 2 aromatic rings. The fourth-order valence-corrected chi connectivity index (χ4v) is 4.88. The highest BCUT2D eigenvalue weighted by Crippen LogP contribution is 2.34. The van der Waals surface area contributed by atoms with E-state index in [4.69, 9.17) is 13.9 Å². The van der Waals surface area contributed by atoms with Crippen molar-refractivity contribution in [3.05, 3.63) is 41.1 Å². The van der Waals surface area contributed by atoms with Crippen LogP contribution in [0.2, 0.25) is 0 Å². The van der Waals surface area contributed by atoms with Crippen molar-refractivity contribution in [2.24, 2.45) is 0 Å². The van der Waals surface area contributed by atoms with Crippen LogP contribution in [0, 0.1) is 6.92 Å². The number of benzene rings is 1. The van der Waals surface area contributed by atoms with Crippen LogP contribution in [0.25, 0.3) is 11.0 Å². The van der Waals surface area contributed by atoms with Gasteiger partial charge in [0.15, 0.2) is 0 Å². The maximum Gasteiger partial charge on any atom is 0.134 e. The van der Waals surface area contributed by atoms with E-state index in [2.05, 4.69) is 22.9 Å². The van der Waals surface area contributed by atoms with E-state index >= 15 is 0 Å². The van der Waals surface area contributed by atoms with Gasteiger partial charge < -0.3 is 23.9 Å². The first-order valence-corrected chi connectivity index (χ1v) is 10.7. The SMILES string of the molecule is Cc1cc2cc(OCC3=CN(C(CO)CN4CCOCC4)C(C)S3)ccc2o1. The third-order valence-corrected chi connectivity index (χ3v) is 6.34. The molecule has 1 saturated heterocycles. The van der Waals surface area contributed by atoms with Crippen LogP contribution in [-0.2, 0) is 4.74 Å². The lowest BCUT2D eigenvalue weighted by Gasteiger charge is -2.35. The molecule has 1 fully saturated rings. The molecule has 3 heterocycles. The Kier molecular flexibility index (Phi) is 6.16. The molecule has 1 aromatic heterocycles. The zero-order valence-corrected chi connectivity index (χ0v) is 17.3. The molecule has 0 amide bonds. The normalized spacial score (nSPS) is 21.9. The highest BCUT2D eigenvalue weighted by atomic mass is 32.2. The summed E-state index contributed by atoms with van der Waals surface area (Å²) in [6.45, 7) is 9.07. The fraction of sp³-hybridized carbons (Fsp3) is 0.524. The Labute approximate surface area is 170 Å². The van der Waals surface area contributed by atoms with Crippen molar-refractivity contribution in [3.63, 3.8) is 0 Å². The number of aliphatic hydroxyl groups excluding tert-OH is 1. The molecule has 2 aliphatic heterocycles. The summed E-state index contributed by atoms with van der Waals surface area (Å²) in [6.07, 6.45) is 2.15. The number of ether oxygens (including phenoxy) is 2. The molecule has 1 aromatic carbocycles. The van der Waals surface area contributed by atoms with Crippen LogP contribution in [-0.4, -0.2) is 72.4 Å². The maximum atomic E-state index is 9.95. The van der Waals surface area contributed by atoms with E-state index in [-0.39, 0.29) is 18.0 Å². The van der Waals surface area contributed by atoms with Crippen LogP contribution in [0.5, 0.6) is 5.75 Å². The minimum absolute atomic E-state index is 0.0864. The first kappa shape index (κ1) is 19.6. The Morgan fingerprint density at radius 3 is 2.89 bits per heavy atom. The van der Waals surface area contributed by atoms with Crippen molar-refractivity contribution in [1.82, 2.24) is 9.80 Å². The Morgan fingerprint density at radius 1 is 1.29 bits per heavy atom. The monoisotopic (exact) mass is 404 g/mol. The van der Waals surface area contributed by atoms with E-state index in [0.29, 0.717) is 6.61 Å². The van der Waals surface area contributed by atoms with Gasteiger partial charge in [-0.05, 0) is 38.1 Å². The molecule has 0 spiro atoms. The molecular formula is C21H28N2O4S. The molecule has 2 atom stereocenters. The number of morpholine rings is 1. The number of nitrogens with zero attached hydrogens (tertiary/aromatic N) is 2. The van der Waals surface area contributed by atoms with Crippen LogP contribution in [0.3, 0.4) is 0 Å². The minimum Gasteiger partial charge on any atom is -0.488 e. The average molecular weight is 405 g/mol. The summed E-state index contributed by atoms with van der Waals surface area (Å²) in [5.41, 5.74) is 0.882. The van der Waals surface area contributed by atoms with Gasteiger partial charge in [0.05, 0.1) is 31.2 Å². The van der Waals surface area contributed by atoms with Gasteiger partial charge in [-0.3, -0.25) is 4.90 Å². The van der Waals surface area contributed by atoms with Crippen molar-refractivity contribution in [1.29, 1.82) is 0 Å². The number of hydrogen-bond acceptors (Lipinski definition) is 7. The van der Waals surface area contributed by atoms with Gasteiger partial charge in [0.2, 0.25) is 0 Å². The molecule has 152 valence electrons. The van der Waals surface area contributed by atoms with E-state index in [1.165, 1.54) is 4.91 Å². The molecule has 1 N–H and O–H groups in total. The second-order valence-corrected chi connectivity index (χ2v) is 8.80. The lowest BCUT2D eigenvalue weighted by Crippen LogP contribution is -2.48. The Bertz CT molecular complexity index is 831. The van der Waals surface area contributed by atoms with Gasteiger partial charge >= 0.3 is 0 Å². The molecule has 28 heavy (non-hydrogen) atoms. The number of furan rings is 1. The van der Waals surface area contributed by atoms with Crippen molar-refractivity contribution in [2.45, 2.75) is 25.3 Å². The van der Waals surface area contributed by atoms with Gasteiger partial charge in [-0.2, -0.15) is 0 Å². The van der Waals surface area contributed by atoms with Crippen molar-refractivity contribution in [3.8, 4) is 5.75 Å². The van der Waals surface area contributed by atoms with Gasteiger partial charge in [0, 0.05) is 36.1 Å². The van der Waals surface area contributed by atoms with Gasteiger partial charge in [0.25, 0.3) is 0 Å². The molecule has 0 aliphatic carbocycles. The van der Waals surface area contributed by atoms with Crippen LogP contribution >= 0.6 is 11.8 Å². The second-order valence-electron chi connectivity index (χ2n) is 7.35. The van der Waals surface area contributed by atoms with Crippen molar-refractivity contribution in [2.75, 3.05) is 46.1 Å². The number of hydrogen-bond donors (Lipinski definition) is 1. The largest absolute Gasteiger partial charge is 0.488 e. The third-order valence-electron chi connectivity index (χ3n) is 5.23. The topological polar surface area (TPSA) is 58.3 Å². The highest BCUT2D eigenvalue weighted by Gasteiger charge is 2.29. The molecule has 2 unspecified atom stereocenters. The first-order valence-electron chi connectivity index (χ1n) is 9.81. The van der Waals surface area contributed by atoms with Crippen LogP contribution in [0.4, 0.5) is 0 Å². The molecule has 6 nitrogen and oxygen atoms in total. The van der Waals surface area contributed by atoms with Crippen LogP contribution in [0.1, 0.15) is 12.7 Å². The molecule has 7 heteroatoms. The van der Waals surface area contributed by atoms with E-state index in [0.717, 1.165) is 55.3 Å². The smallest absolute Gasteiger partial charge is 0.134 e. The van der Waals surface area contributed by atoms with Gasteiger partial charge in [-0.25, -0.2) is 0 Å². The molecular weight excluding hydrogens is 376 g/mol. The zero-order valence-electron chi connectivity index (χ0n) is 16.5. The summed E-state index contributed by atoms with van der Waals surface area (Å²) in [5.74, 6) is 1.74. The van der Waals surface area contributed by atoms with Gasteiger partial charge in [-0.1, -0.05) is 0 Å². The summed E-state index contributed by atoms with van der Waals surface area (Å²) in [7, 11) is 0. The predicted octanol–water partition coefficient (Wildman–Crippen LogP) is 3.05. The first-order chi connectivity index (χ1) is 13.6. The zero-order chi connectivity index (χ0) is 19.5. The Hall–Kier alpha value is -1.67. The van der Waals surface area contributed by atoms with E-state index < -0.39 is 0 Å². The second kappa shape index (κ2) is 8.78. The number of fused-ring (bicyclic) bond motifs is 1. The number of aryl methyl sites for hydroxylation is 1. The average Bonchev–Trinajstić information content (AvgIpc) is 3.26. The van der Waals surface area contributed by atoms with Crippen molar-refractivity contribution >= 4 is 22.7 Å². The number of aliphatic hydroxyl groups is 1. The van der Waals surface area contributed by atoms with Gasteiger partial charge in [-0.15, -0.1) is 11.8 Å². The summed E-state index contributed by atoms with van der Waals surface area (Å²) < 4.78 is 17.1. The molecule has 2 aliphatic rings. The summed E-state index contributed by atoms with van der Waals surface area (Å²) in [5, 5.41) is 11.3. The minimum atomic E-state index is 0.0864. The fourth-order valence-electron chi connectivity index (χ4n) is 3.78. The quantitative estimate of drug-likeness (QED) is 0.761. The molecule has 0 bridgehead atoms. The molecule has 0 radical (unpaired) electrons. The van der Waals surface area contributed by atoms with E-state index in [1.807, 2.05) is 31.2 Å². The van der Waals surface area contributed by atoms with Crippen molar-refractivity contribution < 1.29 is 19.0 Å². The maximum absolute atomic E-state index is 9.95. The standard InChI is InChI=1S/C21H28N2O4S/c1-15-9-17-10-19(3-4-21(17)27-15)26-14-20-12-23(16(2)28-20)18(13-24)11-22-5-7-25-8-6-22/h3-4,9-10,12,16,18,24H,5-8,11,13-14H2,1-2H3. The van der Waals surface area contributed by atoms with E-state index in [1.54, 1.807) is 11.8 Å². The Morgan fingerprint density at radius 2 is 2.11 bits per heavy atom. The lowest BCUT2D eigenvalue weighted by molar-refractivity contribution is 0.0196. The van der Waals surface area contributed by atoms with Gasteiger partial charge in [0.1, 0.15) is 23.7 Å². The lowest BCUT2D eigenvalue weighted by atomic mass is 10.2. The summed E-state index contributed by atoms with van der Waals surface area (Å²) >= 11 is 1.80. The van der Waals surface area contributed by atoms with Crippen LogP contribution < -0.4 is 4.74 Å². The summed E-state index contributed by atoms with van der Waals surface area (Å²) in [4.78, 5) is 5.81. The summed E-state index contributed by atoms with van der Waals surface area (Å²) in [6, 6.07) is 8.02. The number of rotatable bonds is 7. The highest BCUT2D eigenvalue weighted by molar-refractivity contribution is 8.03. The molecule has 0 saturated carbocycles. The number of thioether (sulfide) groups is 1. The third kappa shape index (κ3) is 4.49. The predicted molar refractivity (Wildman–Crippen MR) is 112 cm³/mol.